The van der Waals surface area contributed by atoms with Crippen molar-refractivity contribution < 1.29 is 47.4 Å². The number of benzene rings is 1. The highest BCUT2D eigenvalue weighted by atomic mass is 16.6. The second-order valence-electron chi connectivity index (χ2n) is 42.2. The minimum absolute atomic E-state index is 0.163. The lowest BCUT2D eigenvalue weighted by Gasteiger charge is -2.32. The Bertz CT molecular complexity index is 2800. The van der Waals surface area contributed by atoms with Crippen molar-refractivity contribution in [2.75, 3.05) is 245 Å². The number of piperazine rings is 1. The average Bonchev–Trinajstić information content (AvgIpc) is 1.22. The molecule has 0 bridgehead atoms. The van der Waals surface area contributed by atoms with Gasteiger partial charge in [-0.2, -0.15) is 0 Å². The molecule has 14 aliphatic rings. The largest absolute Gasteiger partial charge is 0.444 e. The number of carbonyl (C=O) groups is 1. The molecular formula is C117H219N11O10. The fraction of sp³-hybridized carbons (Fsp3) is 0.812. The molecule has 21 heteroatoms. The second-order valence-corrected chi connectivity index (χ2v) is 42.2. The fourth-order valence-corrected chi connectivity index (χ4v) is 15.9. The zero-order chi connectivity index (χ0) is 101. The number of nitrogens with one attached hydrogen (secondary N) is 1. The maximum Gasteiger partial charge on any atom is 0.410 e. The summed E-state index contributed by atoms with van der Waals surface area (Å²) in [6.45, 7) is 73.7. The van der Waals surface area contributed by atoms with Crippen LogP contribution in [0.25, 0.3) is 0 Å². The molecule has 4 aromatic rings. The first-order valence-electron chi connectivity index (χ1n) is 55.8. The van der Waals surface area contributed by atoms with Gasteiger partial charge in [0.2, 0.25) is 0 Å². The standard InChI is InChI=1S/C11H21NO2.C8H17NO.C8H16O.C7H15NO.C7H15N.C7H14O.C7H14.C6H14N2.C6H13N.3C6H7N.C6H12O.C6H12.C6H6.C5H11NO.C5H10O2.C4H8/c1-9-5-7-12(8-6-9)10(13)14-11(2,3)4;1-2-3-4-9-5-7-10-8-6-9;2*1-2-3-8-4-6-9-7-5-8;1-7-3-5-8(2)6-4-7;1-2-7-3-5-8-6-4-7;1-7-5-3-2-4-6-7;1-7-3-5-8(2)6-4-7;2*1-6-2-4-7-5-3-6;1-6-3-2-4-7-5-6;1-6-4-2-3-5-7-6;1-6-2-4-7-5-3-6;1-6-4-2-3-5-6;1-2-4-6-5-3-1;1-6-2-4-7-5-3-6;1-5-4-6-2-3-7-5;1-4-2-3-4/h9H,5-8H2,1-4H3;2-8H2,1H3;8H,2-7H2,1H3;2-7H2,1H3;7H,3-6H2,1-2H3;7H,2-6H2,1H3;7H,2-6H2,1H3;3-6H2,1-2H3;6-7H,2-5H2,1H3;3*2-5H,1H3;6H,2-5H2,1H3;6H,2-5H2,1H3;1-6H;2-5H2,1H3;5H,2-4H2,1H3;4H,2-3H2,1H3. The monoisotopic (exact) mass is 1940 g/mol. The number of aryl methyl sites for hydroxylation is 3. The molecular weight excluding hydrogens is 1720 g/mol. The quantitative estimate of drug-likeness (QED) is 0.176. The number of aromatic nitrogens is 3. The number of unbranched alkanes of at least 4 members (excludes halogenated alkanes) is 1. The third-order valence-electron chi connectivity index (χ3n) is 26.6. The third-order valence-corrected chi connectivity index (χ3v) is 26.6. The molecule has 3 aromatic heterocycles. The Morgan fingerprint density at radius 1 is 0.370 bits per heavy atom. The molecule has 21 nitrogen and oxygen atoms in total. The lowest BCUT2D eigenvalue weighted by molar-refractivity contribution is -0.0797. The summed E-state index contributed by atoms with van der Waals surface area (Å²) in [6.07, 6.45) is 48.9. The molecule has 11 saturated heterocycles. The van der Waals surface area contributed by atoms with E-state index in [0.29, 0.717) is 6.10 Å². The Hall–Kier alpha value is -4.66. The number of morpholine rings is 3. The van der Waals surface area contributed by atoms with E-state index in [2.05, 4.69) is 154 Å². The molecule has 14 heterocycles. The van der Waals surface area contributed by atoms with Crippen LogP contribution in [0.3, 0.4) is 0 Å². The smallest absolute Gasteiger partial charge is 0.410 e. The molecule has 14 fully saturated rings. The molecule has 1 aromatic carbocycles. The molecule has 802 valence electrons. The Morgan fingerprint density at radius 3 is 1.07 bits per heavy atom. The van der Waals surface area contributed by atoms with E-state index in [1.165, 1.54) is 250 Å². The highest BCUT2D eigenvalue weighted by molar-refractivity contribution is 5.68. The summed E-state index contributed by atoms with van der Waals surface area (Å²) in [4.78, 5) is 39.5. The van der Waals surface area contributed by atoms with Gasteiger partial charge in [0.1, 0.15) is 5.60 Å². The number of rotatable bonds is 8. The number of piperidine rings is 3. The van der Waals surface area contributed by atoms with Crippen molar-refractivity contribution in [3.05, 3.63) is 127 Å². The lowest BCUT2D eigenvalue weighted by Crippen LogP contribution is -2.42. The summed E-state index contributed by atoms with van der Waals surface area (Å²) in [7, 11) is 8.66. The molecule has 1 unspecified atom stereocenters. The number of carbonyl (C=O) groups excluding carboxylic acids is 1. The van der Waals surface area contributed by atoms with Crippen molar-refractivity contribution in [3.63, 3.8) is 0 Å². The first-order valence-corrected chi connectivity index (χ1v) is 55.8. The summed E-state index contributed by atoms with van der Waals surface area (Å²) >= 11 is 0. The summed E-state index contributed by atoms with van der Waals surface area (Å²) in [5.74, 6) is 8.71. The van der Waals surface area contributed by atoms with Gasteiger partial charge in [0.15, 0.2) is 0 Å². The van der Waals surface area contributed by atoms with Crippen LogP contribution in [-0.4, -0.2) is 312 Å². The average molecular weight is 1940 g/mol. The van der Waals surface area contributed by atoms with Crippen LogP contribution >= 0.6 is 0 Å². The molecule has 0 spiro atoms. The van der Waals surface area contributed by atoms with Gasteiger partial charge in [-0.1, -0.05) is 221 Å². The first kappa shape index (κ1) is 131. The van der Waals surface area contributed by atoms with Crippen LogP contribution in [0.2, 0.25) is 0 Å². The van der Waals surface area contributed by atoms with E-state index in [1.54, 1.807) is 24.8 Å². The number of likely N-dealkylation sites (tertiary alicyclic amines) is 2. The molecule has 138 heavy (non-hydrogen) atoms. The van der Waals surface area contributed by atoms with Crippen molar-refractivity contribution >= 4 is 6.09 Å². The van der Waals surface area contributed by atoms with Crippen LogP contribution in [0.4, 0.5) is 4.79 Å². The molecule has 0 radical (unpaired) electrons. The van der Waals surface area contributed by atoms with Gasteiger partial charge >= 0.3 is 6.09 Å². The highest BCUT2D eigenvalue weighted by Crippen LogP contribution is 2.27. The summed E-state index contributed by atoms with van der Waals surface area (Å²) in [5.41, 5.74) is 3.17. The van der Waals surface area contributed by atoms with Crippen LogP contribution in [0.1, 0.15) is 307 Å². The molecule has 1 atom stereocenters. The maximum absolute atomic E-state index is 11.6. The van der Waals surface area contributed by atoms with E-state index in [9.17, 15) is 4.79 Å². The number of nitrogens with zero attached hydrogens (tertiary/aromatic N) is 10. The predicted molar refractivity (Wildman–Crippen MR) is 586 cm³/mol. The van der Waals surface area contributed by atoms with Crippen molar-refractivity contribution in [2.24, 2.45) is 53.3 Å². The Balaban J connectivity index is 0.000000734. The minimum atomic E-state index is -0.375. The first-order chi connectivity index (χ1) is 66.6. The van der Waals surface area contributed by atoms with E-state index >= 15 is 0 Å². The van der Waals surface area contributed by atoms with Crippen LogP contribution in [-0.2, 0) is 42.6 Å². The number of ether oxygens (including phenoxy) is 9. The lowest BCUT2D eigenvalue weighted by atomic mass is 9.91. The predicted octanol–water partition coefficient (Wildman–Crippen LogP) is 24.6. The second kappa shape index (κ2) is 92.2. The summed E-state index contributed by atoms with van der Waals surface area (Å²) in [6, 6.07) is 25.7. The van der Waals surface area contributed by atoms with Gasteiger partial charge in [-0.05, 0) is 301 Å². The van der Waals surface area contributed by atoms with Crippen molar-refractivity contribution in [2.45, 2.75) is 323 Å². The molecule has 1 N–H and O–H groups in total. The third kappa shape index (κ3) is 89.0. The Kier molecular flexibility index (Phi) is 87.8. The van der Waals surface area contributed by atoms with E-state index in [4.69, 9.17) is 42.6 Å². The summed E-state index contributed by atoms with van der Waals surface area (Å²) < 4.78 is 46.6. The molecule has 18 rings (SSSR count). The number of pyridine rings is 3. The number of likely N-dealkylation sites (N-methyl/N-ethyl adjacent to an activating group) is 3. The van der Waals surface area contributed by atoms with Gasteiger partial charge in [-0.25, -0.2) is 4.79 Å². The van der Waals surface area contributed by atoms with E-state index < -0.39 is 0 Å². The van der Waals surface area contributed by atoms with Gasteiger partial charge in [-0.3, -0.25) is 24.8 Å². The van der Waals surface area contributed by atoms with Crippen molar-refractivity contribution in [3.8, 4) is 0 Å². The molecule has 3 saturated carbocycles. The number of hydrogen-bond donors (Lipinski definition) is 1. The topological polar surface area (TPSA) is 174 Å². The molecule has 3 aliphatic carbocycles. The summed E-state index contributed by atoms with van der Waals surface area (Å²) in [5, 5.41) is 3.32. The zero-order valence-corrected chi connectivity index (χ0v) is 93.6. The van der Waals surface area contributed by atoms with Gasteiger partial charge in [-0.15, -0.1) is 0 Å². The zero-order valence-electron chi connectivity index (χ0n) is 93.6. The van der Waals surface area contributed by atoms with Gasteiger partial charge in [0, 0.05) is 155 Å². The van der Waals surface area contributed by atoms with E-state index in [0.717, 1.165) is 223 Å². The van der Waals surface area contributed by atoms with Gasteiger partial charge in [0.25, 0.3) is 0 Å². The SMILES string of the molecule is CC1CC1.CC1CCCC1.CC1CCCCC1.CC1CCN(C(=O)OC(C)(C)C)CC1.CC1CCN(C)CC1.CC1CCNCC1.CC1CCOCC1.CC1COCCO1.CCC1CCOCC1.CCCC1CCOCC1.CCCCN1CCOCC1.CCCN1CCOCC1.CN1CCN(C)CC1.CN1CCOCC1.Cc1ccccn1.Cc1cccnc1.Cc1ccncc1.c1ccccc1. The number of hydrogen-bond acceptors (Lipinski definition) is 20. The number of amides is 1. The maximum atomic E-state index is 11.6. The van der Waals surface area contributed by atoms with E-state index in [1.807, 2.05) is 138 Å². The molecule has 11 aliphatic heterocycles. The van der Waals surface area contributed by atoms with E-state index in [-0.39, 0.29) is 11.7 Å². The Labute approximate surface area is 850 Å². The van der Waals surface area contributed by atoms with Crippen molar-refractivity contribution in [1.82, 2.24) is 54.6 Å². The van der Waals surface area contributed by atoms with Crippen LogP contribution in [0.5, 0.6) is 0 Å². The van der Waals surface area contributed by atoms with Crippen molar-refractivity contribution in [1.29, 1.82) is 0 Å². The van der Waals surface area contributed by atoms with Gasteiger partial charge < -0.3 is 72.4 Å². The fourth-order valence-electron chi connectivity index (χ4n) is 15.9. The highest BCUT2D eigenvalue weighted by Gasteiger charge is 2.26. The Morgan fingerprint density at radius 2 is 0.790 bits per heavy atom. The van der Waals surface area contributed by atoms with Crippen LogP contribution in [0.15, 0.2) is 110 Å². The van der Waals surface area contributed by atoms with Crippen LogP contribution < -0.4 is 5.32 Å². The van der Waals surface area contributed by atoms with Gasteiger partial charge in [0.05, 0.1) is 65.6 Å². The normalized spacial score (nSPS) is 21.2. The molecule has 1 amide bonds. The minimum Gasteiger partial charge on any atom is -0.444 e. The van der Waals surface area contributed by atoms with Crippen LogP contribution in [0, 0.1) is 74.0 Å².